The van der Waals surface area contributed by atoms with Crippen molar-refractivity contribution in [3.8, 4) is 0 Å². The summed E-state index contributed by atoms with van der Waals surface area (Å²) in [6.45, 7) is -0.506. The molecule has 3 rings (SSSR count). The number of hydrogen-bond acceptors (Lipinski definition) is 2. The molecule has 3 N–H and O–H groups in total. The first-order valence-corrected chi connectivity index (χ1v) is 13.0. The van der Waals surface area contributed by atoms with Crippen molar-refractivity contribution in [2.24, 2.45) is 0 Å². The summed E-state index contributed by atoms with van der Waals surface area (Å²) in [5.74, 6) is -4.31. The molecule has 1 aliphatic rings. The van der Waals surface area contributed by atoms with Gasteiger partial charge in [-0.1, -0.05) is 61.4 Å². The van der Waals surface area contributed by atoms with Crippen molar-refractivity contribution in [3.05, 3.63) is 70.8 Å². The third-order valence-electron chi connectivity index (χ3n) is 6.69. The number of benzene rings is 2. The first kappa shape index (κ1) is 32.1. The lowest BCUT2D eigenvalue weighted by Gasteiger charge is -2.37. The summed E-state index contributed by atoms with van der Waals surface area (Å²) in [7, 11) is 0. The number of carbonyl (C=O) groups excluding carboxylic acids is 2. The van der Waals surface area contributed by atoms with Crippen molar-refractivity contribution in [1.29, 1.82) is 0 Å². The van der Waals surface area contributed by atoms with Crippen molar-refractivity contribution < 1.29 is 44.7 Å². The first-order chi connectivity index (χ1) is 18.9. The number of rotatable bonds is 10. The lowest BCUT2D eigenvalue weighted by Crippen LogP contribution is -2.54. The minimum absolute atomic E-state index is 0.0385. The SMILES string of the molecule is CC(F)(F)CNC(=O)CC(NC(=O)NC1CCCC1)(c1cccc(CC(F)(F)F)c1)c1cccc(CC(F)(F)F)c1. The molecule has 0 atom stereocenters. The van der Waals surface area contributed by atoms with Gasteiger partial charge < -0.3 is 16.0 Å². The van der Waals surface area contributed by atoms with Gasteiger partial charge in [0.25, 0.3) is 5.92 Å². The van der Waals surface area contributed by atoms with Crippen LogP contribution in [0.2, 0.25) is 0 Å². The van der Waals surface area contributed by atoms with Crippen LogP contribution in [-0.4, -0.2) is 42.8 Å². The van der Waals surface area contributed by atoms with Gasteiger partial charge in [0.1, 0.15) is 5.54 Å². The number of carbonyl (C=O) groups is 2. The summed E-state index contributed by atoms with van der Waals surface area (Å²) >= 11 is 0. The van der Waals surface area contributed by atoms with E-state index >= 15 is 0 Å². The van der Waals surface area contributed by atoms with E-state index in [1.165, 1.54) is 36.4 Å². The van der Waals surface area contributed by atoms with Gasteiger partial charge in [0.2, 0.25) is 5.91 Å². The van der Waals surface area contributed by atoms with Gasteiger partial charge in [-0.05, 0) is 35.1 Å². The zero-order chi connectivity index (χ0) is 30.5. The van der Waals surface area contributed by atoms with Gasteiger partial charge >= 0.3 is 18.4 Å². The Kier molecular flexibility index (Phi) is 9.91. The second-order valence-electron chi connectivity index (χ2n) is 10.5. The summed E-state index contributed by atoms with van der Waals surface area (Å²) in [5.41, 5.74) is -2.56. The Hall–Kier alpha value is -3.38. The highest BCUT2D eigenvalue weighted by atomic mass is 19.4. The van der Waals surface area contributed by atoms with Gasteiger partial charge in [-0.25, -0.2) is 13.6 Å². The molecule has 5 nitrogen and oxygen atoms in total. The molecular formula is C28H31F8N3O2. The fraction of sp³-hybridized carbons (Fsp3) is 0.500. The number of urea groups is 1. The Morgan fingerprint density at radius 1 is 0.805 bits per heavy atom. The molecule has 3 amide bonds. The largest absolute Gasteiger partial charge is 0.393 e. The summed E-state index contributed by atoms with van der Waals surface area (Å²) in [6, 6.07) is 8.70. The van der Waals surface area contributed by atoms with Gasteiger partial charge in [-0.15, -0.1) is 0 Å². The Morgan fingerprint density at radius 2 is 1.29 bits per heavy atom. The molecule has 0 saturated heterocycles. The van der Waals surface area contributed by atoms with Gasteiger partial charge in [0, 0.05) is 13.0 Å². The monoisotopic (exact) mass is 593 g/mol. The van der Waals surface area contributed by atoms with E-state index in [0.29, 0.717) is 19.8 Å². The molecule has 0 heterocycles. The maximum absolute atomic E-state index is 13.5. The van der Waals surface area contributed by atoms with Crippen LogP contribution in [0.15, 0.2) is 48.5 Å². The summed E-state index contributed by atoms with van der Waals surface area (Å²) < 4.78 is 106. The van der Waals surface area contributed by atoms with Crippen molar-refractivity contribution >= 4 is 11.9 Å². The van der Waals surface area contributed by atoms with Gasteiger partial charge in [0.15, 0.2) is 0 Å². The smallest absolute Gasteiger partial charge is 0.350 e. The van der Waals surface area contributed by atoms with Crippen LogP contribution in [0.25, 0.3) is 0 Å². The summed E-state index contributed by atoms with van der Waals surface area (Å²) in [6.07, 6.45) is -9.68. The second-order valence-corrected chi connectivity index (χ2v) is 10.5. The third-order valence-corrected chi connectivity index (χ3v) is 6.69. The van der Waals surface area contributed by atoms with E-state index in [2.05, 4.69) is 10.6 Å². The predicted molar refractivity (Wildman–Crippen MR) is 135 cm³/mol. The molecule has 0 aromatic heterocycles. The Bertz CT molecular complexity index is 1140. The molecule has 13 heteroatoms. The van der Waals surface area contributed by atoms with E-state index in [9.17, 15) is 44.7 Å². The molecular weight excluding hydrogens is 562 g/mol. The van der Waals surface area contributed by atoms with Crippen molar-refractivity contribution in [2.75, 3.05) is 6.54 Å². The highest BCUT2D eigenvalue weighted by molar-refractivity contribution is 5.82. The zero-order valence-corrected chi connectivity index (χ0v) is 22.2. The molecule has 0 radical (unpaired) electrons. The summed E-state index contributed by atoms with van der Waals surface area (Å²) in [5, 5.41) is 7.43. The lowest BCUT2D eigenvalue weighted by atomic mass is 9.78. The zero-order valence-electron chi connectivity index (χ0n) is 22.2. The van der Waals surface area contributed by atoms with Crippen molar-refractivity contribution in [2.45, 2.75) is 81.7 Å². The predicted octanol–water partition coefficient (Wildman–Crippen LogP) is 6.54. The van der Waals surface area contributed by atoms with Crippen LogP contribution in [-0.2, 0) is 23.2 Å². The highest BCUT2D eigenvalue weighted by Gasteiger charge is 2.41. The van der Waals surface area contributed by atoms with Crippen LogP contribution in [0.5, 0.6) is 0 Å². The van der Waals surface area contributed by atoms with Gasteiger partial charge in [-0.3, -0.25) is 4.79 Å². The Morgan fingerprint density at radius 3 is 1.73 bits per heavy atom. The Labute approximate surface area is 232 Å². The maximum atomic E-state index is 13.5. The molecule has 226 valence electrons. The fourth-order valence-electron chi connectivity index (χ4n) is 4.96. The second kappa shape index (κ2) is 12.6. The standard InChI is InChI=1S/C28H31F8N3O2/c1-25(29,30)17-37-23(40)16-26(39-24(41)38-22-10-2-3-11-22,20-8-4-6-18(12-20)14-27(31,32)33)21-9-5-7-19(13-21)15-28(34,35)36/h4-9,12-13,22H,2-3,10-11,14-17H2,1H3,(H,37,40)(H2,38,39,41). The molecule has 41 heavy (non-hydrogen) atoms. The molecule has 0 spiro atoms. The molecule has 1 aliphatic carbocycles. The maximum Gasteiger partial charge on any atom is 0.393 e. The van der Waals surface area contributed by atoms with Gasteiger partial charge in [-0.2, -0.15) is 26.3 Å². The van der Waals surface area contributed by atoms with E-state index in [4.69, 9.17) is 0 Å². The van der Waals surface area contributed by atoms with E-state index in [0.717, 1.165) is 25.0 Å². The summed E-state index contributed by atoms with van der Waals surface area (Å²) in [4.78, 5) is 26.3. The van der Waals surface area contributed by atoms with Crippen LogP contribution in [0, 0.1) is 0 Å². The lowest BCUT2D eigenvalue weighted by molar-refractivity contribution is -0.128. The number of hydrogen-bond donors (Lipinski definition) is 3. The number of amides is 3. The fourth-order valence-corrected chi connectivity index (χ4v) is 4.96. The Balaban J connectivity index is 2.16. The van der Waals surface area contributed by atoms with Crippen LogP contribution >= 0.6 is 0 Å². The van der Waals surface area contributed by atoms with E-state index in [-0.39, 0.29) is 28.3 Å². The first-order valence-electron chi connectivity index (χ1n) is 13.0. The van der Waals surface area contributed by atoms with Crippen LogP contribution < -0.4 is 16.0 Å². The average molecular weight is 594 g/mol. The highest BCUT2D eigenvalue weighted by Crippen LogP contribution is 2.36. The number of halogens is 8. The molecule has 0 bridgehead atoms. The molecule has 0 unspecified atom stereocenters. The van der Waals surface area contributed by atoms with Crippen molar-refractivity contribution in [1.82, 2.24) is 16.0 Å². The minimum Gasteiger partial charge on any atom is -0.350 e. The molecule has 2 aromatic rings. The van der Waals surface area contributed by atoms with Crippen LogP contribution in [0.1, 0.15) is 61.3 Å². The van der Waals surface area contributed by atoms with Crippen molar-refractivity contribution in [3.63, 3.8) is 0 Å². The van der Waals surface area contributed by atoms with Gasteiger partial charge in [0.05, 0.1) is 25.8 Å². The molecule has 2 aromatic carbocycles. The average Bonchev–Trinajstić information content (AvgIpc) is 3.33. The number of alkyl halides is 8. The van der Waals surface area contributed by atoms with E-state index in [1.54, 1.807) is 0 Å². The molecule has 1 saturated carbocycles. The molecule has 1 fully saturated rings. The minimum atomic E-state index is -4.61. The van der Waals surface area contributed by atoms with E-state index < -0.39 is 61.6 Å². The van der Waals surface area contributed by atoms with Crippen LogP contribution in [0.3, 0.4) is 0 Å². The normalized spacial score (nSPS) is 15.0. The topological polar surface area (TPSA) is 70.2 Å². The van der Waals surface area contributed by atoms with Crippen LogP contribution in [0.4, 0.5) is 39.9 Å². The molecule has 0 aliphatic heterocycles. The van der Waals surface area contributed by atoms with E-state index in [1.807, 2.05) is 5.32 Å². The third kappa shape index (κ3) is 10.2. The quantitative estimate of drug-likeness (QED) is 0.274. The number of nitrogens with one attached hydrogen (secondary N) is 3.